The van der Waals surface area contributed by atoms with Crippen molar-refractivity contribution in [2.75, 3.05) is 12.4 Å². The van der Waals surface area contributed by atoms with E-state index >= 15 is 0 Å². The number of hydrogen-bond donors (Lipinski definition) is 2. The summed E-state index contributed by atoms with van der Waals surface area (Å²) in [5.74, 6) is -1.09. The Balaban J connectivity index is 2.86. The molecule has 0 aliphatic carbocycles. The van der Waals surface area contributed by atoms with E-state index in [1.165, 1.54) is 25.2 Å². The molecule has 2 N–H and O–H groups in total. The van der Waals surface area contributed by atoms with Crippen LogP contribution in [0.15, 0.2) is 18.2 Å². The molecule has 0 heterocycles. The van der Waals surface area contributed by atoms with Gasteiger partial charge < -0.3 is 15.3 Å². The molecule has 0 bridgehead atoms. The molecule has 8 heteroatoms. The van der Waals surface area contributed by atoms with E-state index in [1.807, 2.05) is 0 Å². The lowest BCUT2D eigenvalue weighted by molar-refractivity contribution is -0.385. The van der Waals surface area contributed by atoms with Gasteiger partial charge in [0.25, 0.3) is 5.69 Å². The van der Waals surface area contributed by atoms with Gasteiger partial charge in [-0.15, -0.1) is 0 Å². The molecule has 0 aromatic heterocycles. The van der Waals surface area contributed by atoms with Crippen LogP contribution in [0.4, 0.5) is 16.2 Å². The van der Waals surface area contributed by atoms with Crippen molar-refractivity contribution in [3.05, 3.63) is 33.9 Å². The van der Waals surface area contributed by atoms with Crippen molar-refractivity contribution in [2.45, 2.75) is 26.3 Å². The van der Waals surface area contributed by atoms with Gasteiger partial charge in [0.15, 0.2) is 0 Å². The number of rotatable bonds is 5. The second kappa shape index (κ2) is 6.69. The molecule has 1 atom stereocenters. The maximum absolute atomic E-state index is 12.0. The Hall–Kier alpha value is -2.64. The topological polar surface area (TPSA) is 113 Å². The Morgan fingerprint density at radius 1 is 1.48 bits per heavy atom. The van der Waals surface area contributed by atoms with Gasteiger partial charge in [0, 0.05) is 24.4 Å². The molecule has 1 aromatic rings. The van der Waals surface area contributed by atoms with Crippen LogP contribution >= 0.6 is 0 Å². The van der Waals surface area contributed by atoms with E-state index in [4.69, 9.17) is 5.11 Å². The maximum Gasteiger partial charge on any atom is 0.326 e. The third kappa shape index (κ3) is 3.91. The summed E-state index contributed by atoms with van der Waals surface area (Å²) < 4.78 is 0. The monoisotopic (exact) mass is 295 g/mol. The van der Waals surface area contributed by atoms with Gasteiger partial charge in [0.1, 0.15) is 6.04 Å². The van der Waals surface area contributed by atoms with Crippen molar-refractivity contribution < 1.29 is 19.6 Å². The molecule has 114 valence electrons. The number of nitrogens with zero attached hydrogens (tertiary/aromatic N) is 2. The van der Waals surface area contributed by atoms with E-state index in [9.17, 15) is 19.7 Å². The standard InChI is InChI=1S/C13H17N3O5/c1-4-10(12(17)18)15(3)13(19)14-9-5-6-11(16(20)21)8(2)7-9/h5-7,10H,4H2,1-3H3,(H,14,19)(H,17,18). The Morgan fingerprint density at radius 3 is 2.52 bits per heavy atom. The van der Waals surface area contributed by atoms with Gasteiger partial charge in [-0.3, -0.25) is 10.1 Å². The third-order valence-electron chi connectivity index (χ3n) is 3.10. The van der Waals surface area contributed by atoms with Crippen molar-refractivity contribution in [1.82, 2.24) is 4.90 Å². The second-order valence-electron chi connectivity index (χ2n) is 4.56. The number of urea groups is 1. The van der Waals surface area contributed by atoms with Gasteiger partial charge in [-0.2, -0.15) is 0 Å². The number of carbonyl (C=O) groups is 2. The Labute approximate surface area is 121 Å². The third-order valence-corrected chi connectivity index (χ3v) is 3.10. The molecule has 0 radical (unpaired) electrons. The highest BCUT2D eigenvalue weighted by Crippen LogP contribution is 2.21. The van der Waals surface area contributed by atoms with Crippen LogP contribution in [0.25, 0.3) is 0 Å². The zero-order valence-corrected chi connectivity index (χ0v) is 12.0. The van der Waals surface area contributed by atoms with Crippen molar-refractivity contribution in [3.8, 4) is 0 Å². The van der Waals surface area contributed by atoms with Gasteiger partial charge in [0.05, 0.1) is 4.92 Å². The summed E-state index contributed by atoms with van der Waals surface area (Å²) in [5.41, 5.74) is 0.735. The van der Waals surface area contributed by atoms with E-state index in [0.29, 0.717) is 11.3 Å². The molecule has 21 heavy (non-hydrogen) atoms. The lowest BCUT2D eigenvalue weighted by atomic mass is 10.2. The first-order valence-corrected chi connectivity index (χ1v) is 6.29. The van der Waals surface area contributed by atoms with Gasteiger partial charge in [-0.25, -0.2) is 9.59 Å². The number of aryl methyl sites for hydroxylation is 1. The second-order valence-corrected chi connectivity index (χ2v) is 4.56. The minimum absolute atomic E-state index is 0.0432. The molecular weight excluding hydrogens is 278 g/mol. The number of carboxylic acid groups (broad SMARTS) is 1. The van der Waals surface area contributed by atoms with E-state index in [0.717, 1.165) is 4.90 Å². The average Bonchev–Trinajstić information content (AvgIpc) is 2.38. The van der Waals surface area contributed by atoms with Crippen LogP contribution in [-0.2, 0) is 4.79 Å². The Bertz CT molecular complexity index is 573. The number of anilines is 1. The number of carboxylic acids is 1. The summed E-state index contributed by atoms with van der Waals surface area (Å²) in [7, 11) is 1.38. The number of aliphatic carboxylic acids is 1. The fourth-order valence-corrected chi connectivity index (χ4v) is 1.91. The van der Waals surface area contributed by atoms with Crippen LogP contribution in [0.3, 0.4) is 0 Å². The normalized spacial score (nSPS) is 11.6. The molecule has 0 saturated heterocycles. The number of nitro groups is 1. The minimum atomic E-state index is -1.09. The molecule has 0 aliphatic rings. The molecule has 8 nitrogen and oxygen atoms in total. The molecule has 1 unspecified atom stereocenters. The molecule has 0 fully saturated rings. The van der Waals surface area contributed by atoms with E-state index in [2.05, 4.69) is 5.32 Å². The smallest absolute Gasteiger partial charge is 0.326 e. The highest BCUT2D eigenvalue weighted by Gasteiger charge is 2.24. The van der Waals surface area contributed by atoms with E-state index in [1.54, 1.807) is 13.8 Å². The lowest BCUT2D eigenvalue weighted by Crippen LogP contribution is -2.44. The molecule has 0 saturated carbocycles. The summed E-state index contributed by atoms with van der Waals surface area (Å²) in [4.78, 5) is 34.3. The van der Waals surface area contributed by atoms with Gasteiger partial charge >= 0.3 is 12.0 Å². The SMILES string of the molecule is CCC(C(=O)O)N(C)C(=O)Nc1ccc([N+](=O)[O-])c(C)c1. The van der Waals surface area contributed by atoms with Crippen molar-refractivity contribution >= 4 is 23.4 Å². The highest BCUT2D eigenvalue weighted by atomic mass is 16.6. The predicted octanol–water partition coefficient (Wildman–Crippen LogP) is 2.23. The number of nitro benzene ring substituents is 1. The van der Waals surface area contributed by atoms with Crippen molar-refractivity contribution in [1.29, 1.82) is 0 Å². The summed E-state index contributed by atoms with van der Waals surface area (Å²) >= 11 is 0. The number of carbonyl (C=O) groups excluding carboxylic acids is 1. The van der Waals surface area contributed by atoms with Gasteiger partial charge in [0.2, 0.25) is 0 Å². The summed E-state index contributed by atoms with van der Waals surface area (Å²) in [5, 5.41) is 22.2. The first-order valence-electron chi connectivity index (χ1n) is 6.29. The summed E-state index contributed by atoms with van der Waals surface area (Å²) in [6.45, 7) is 3.22. The van der Waals surface area contributed by atoms with Crippen LogP contribution < -0.4 is 5.32 Å². The molecule has 0 spiro atoms. The fourth-order valence-electron chi connectivity index (χ4n) is 1.91. The average molecular weight is 295 g/mol. The predicted molar refractivity (Wildman–Crippen MR) is 76.3 cm³/mol. The van der Waals surface area contributed by atoms with Crippen LogP contribution in [0.2, 0.25) is 0 Å². The van der Waals surface area contributed by atoms with Gasteiger partial charge in [-0.05, 0) is 25.5 Å². The first kappa shape index (κ1) is 16.4. The van der Waals surface area contributed by atoms with Crippen molar-refractivity contribution in [3.63, 3.8) is 0 Å². The molecule has 1 rings (SSSR count). The Kier molecular flexibility index (Phi) is 5.23. The molecule has 1 aromatic carbocycles. The quantitative estimate of drug-likeness (QED) is 0.638. The number of benzene rings is 1. The van der Waals surface area contributed by atoms with E-state index < -0.39 is 23.0 Å². The van der Waals surface area contributed by atoms with E-state index in [-0.39, 0.29) is 12.1 Å². The number of nitrogens with one attached hydrogen (secondary N) is 1. The summed E-state index contributed by atoms with van der Waals surface area (Å²) in [6, 6.07) is 2.64. The van der Waals surface area contributed by atoms with Crippen LogP contribution in [0.1, 0.15) is 18.9 Å². The largest absolute Gasteiger partial charge is 0.480 e. The Morgan fingerprint density at radius 2 is 2.10 bits per heavy atom. The lowest BCUT2D eigenvalue weighted by Gasteiger charge is -2.24. The molecule has 0 aliphatic heterocycles. The number of likely N-dealkylation sites (N-methyl/N-ethyl adjacent to an activating group) is 1. The van der Waals surface area contributed by atoms with Crippen LogP contribution in [0, 0.1) is 17.0 Å². The number of amides is 2. The fraction of sp³-hybridized carbons (Fsp3) is 0.385. The van der Waals surface area contributed by atoms with Crippen LogP contribution in [0.5, 0.6) is 0 Å². The van der Waals surface area contributed by atoms with Gasteiger partial charge in [-0.1, -0.05) is 6.92 Å². The zero-order valence-electron chi connectivity index (χ0n) is 12.0. The maximum atomic E-state index is 12.0. The van der Waals surface area contributed by atoms with Crippen molar-refractivity contribution in [2.24, 2.45) is 0 Å². The molecule has 2 amide bonds. The first-order chi connectivity index (χ1) is 9.77. The summed E-state index contributed by atoms with van der Waals surface area (Å²) in [6.07, 6.45) is 0.276. The number of hydrogen-bond acceptors (Lipinski definition) is 4. The zero-order chi connectivity index (χ0) is 16.2. The molecular formula is C13H17N3O5. The highest BCUT2D eigenvalue weighted by molar-refractivity contribution is 5.92. The van der Waals surface area contributed by atoms with Crippen LogP contribution in [-0.4, -0.2) is 40.0 Å². The minimum Gasteiger partial charge on any atom is -0.480 e.